The molecule has 4 heteroatoms. The second kappa shape index (κ2) is 10.1. The lowest BCUT2D eigenvalue weighted by atomic mass is 9.96. The topological polar surface area (TPSA) is 70.1 Å². The first-order valence-corrected chi connectivity index (χ1v) is 6.54. The summed E-state index contributed by atoms with van der Waals surface area (Å²) in [7, 11) is 0. The second-order valence-electron chi connectivity index (χ2n) is 4.27. The van der Waals surface area contributed by atoms with Crippen LogP contribution in [0.3, 0.4) is 0 Å². The number of nitrogens with zero attached hydrogens (tertiary/aromatic N) is 2. The Kier molecular flexibility index (Phi) is 9.46. The molecule has 98 valence electrons. The Morgan fingerprint density at radius 2 is 2.12 bits per heavy atom. The van der Waals surface area contributed by atoms with Gasteiger partial charge in [0, 0.05) is 19.5 Å². The van der Waals surface area contributed by atoms with Gasteiger partial charge in [0.2, 0.25) is 5.91 Å². The van der Waals surface area contributed by atoms with Crippen molar-refractivity contribution < 1.29 is 4.79 Å². The highest BCUT2D eigenvalue weighted by Crippen LogP contribution is 2.15. The van der Waals surface area contributed by atoms with Crippen LogP contribution < -0.4 is 5.73 Å². The molecule has 0 aromatic carbocycles. The molecule has 1 unspecified atom stereocenters. The van der Waals surface area contributed by atoms with Gasteiger partial charge in [-0.05, 0) is 32.2 Å². The van der Waals surface area contributed by atoms with Crippen LogP contribution in [0.25, 0.3) is 0 Å². The lowest BCUT2D eigenvalue weighted by Crippen LogP contribution is -2.31. The summed E-state index contributed by atoms with van der Waals surface area (Å²) in [6, 6.07) is 2.07. The zero-order chi connectivity index (χ0) is 13.1. The number of rotatable bonds is 9. The molecule has 0 saturated carbocycles. The summed E-state index contributed by atoms with van der Waals surface area (Å²) < 4.78 is 0. The van der Waals surface area contributed by atoms with Crippen LogP contribution in [0.4, 0.5) is 0 Å². The average molecular weight is 239 g/mol. The highest BCUT2D eigenvalue weighted by Gasteiger charge is 2.13. The molecular formula is C13H25N3O. The molecule has 0 aliphatic heterocycles. The molecule has 0 fully saturated rings. The van der Waals surface area contributed by atoms with Gasteiger partial charge in [-0.1, -0.05) is 13.3 Å². The van der Waals surface area contributed by atoms with Crippen LogP contribution in [0.5, 0.6) is 0 Å². The lowest BCUT2D eigenvalue weighted by molar-refractivity contribution is -0.131. The fraction of sp³-hybridized carbons (Fsp3) is 0.846. The van der Waals surface area contributed by atoms with Crippen molar-refractivity contribution in [1.29, 1.82) is 5.26 Å². The number of hydrogen-bond acceptors (Lipinski definition) is 3. The SMILES string of the molecule is CCC(CCN)CCC(=O)N(CC)CCC#N. The Morgan fingerprint density at radius 3 is 2.59 bits per heavy atom. The summed E-state index contributed by atoms with van der Waals surface area (Å²) in [5.41, 5.74) is 5.53. The molecule has 0 bridgehead atoms. The third-order valence-electron chi connectivity index (χ3n) is 3.15. The highest BCUT2D eigenvalue weighted by molar-refractivity contribution is 5.76. The van der Waals surface area contributed by atoms with Gasteiger partial charge in [0.25, 0.3) is 0 Å². The van der Waals surface area contributed by atoms with E-state index in [1.54, 1.807) is 4.90 Å². The molecule has 0 rings (SSSR count). The number of amides is 1. The second-order valence-corrected chi connectivity index (χ2v) is 4.27. The standard InChI is InChI=1S/C13H25N3O/c1-3-12(8-10-15)6-7-13(17)16(4-2)11-5-9-14/h12H,3-8,10-11,15H2,1-2H3. The van der Waals surface area contributed by atoms with Gasteiger partial charge >= 0.3 is 0 Å². The molecule has 1 atom stereocenters. The van der Waals surface area contributed by atoms with Gasteiger partial charge in [-0.25, -0.2) is 0 Å². The normalized spacial score (nSPS) is 11.9. The summed E-state index contributed by atoms with van der Waals surface area (Å²) in [6.07, 6.45) is 3.98. The molecule has 0 heterocycles. The van der Waals surface area contributed by atoms with Gasteiger partial charge in [0.1, 0.15) is 0 Å². The van der Waals surface area contributed by atoms with Gasteiger partial charge in [0.15, 0.2) is 0 Å². The molecule has 4 nitrogen and oxygen atoms in total. The van der Waals surface area contributed by atoms with Gasteiger partial charge in [-0.3, -0.25) is 4.79 Å². The molecule has 0 spiro atoms. The van der Waals surface area contributed by atoms with Crippen molar-refractivity contribution in [2.24, 2.45) is 11.7 Å². The van der Waals surface area contributed by atoms with Crippen LogP contribution in [0.15, 0.2) is 0 Å². The predicted molar refractivity (Wildman–Crippen MR) is 69.2 cm³/mol. The quantitative estimate of drug-likeness (QED) is 0.668. The summed E-state index contributed by atoms with van der Waals surface area (Å²) in [5, 5.41) is 8.52. The maximum atomic E-state index is 11.9. The third-order valence-corrected chi connectivity index (χ3v) is 3.15. The largest absolute Gasteiger partial charge is 0.342 e. The van der Waals surface area contributed by atoms with E-state index in [-0.39, 0.29) is 5.91 Å². The third kappa shape index (κ3) is 6.96. The van der Waals surface area contributed by atoms with Crippen LogP contribution in [0, 0.1) is 17.2 Å². The Bertz CT molecular complexity index is 248. The zero-order valence-electron chi connectivity index (χ0n) is 11.1. The Labute approximate surface area is 105 Å². The maximum absolute atomic E-state index is 11.9. The Balaban J connectivity index is 4.00. The fourth-order valence-corrected chi connectivity index (χ4v) is 1.92. The van der Waals surface area contributed by atoms with Crippen LogP contribution >= 0.6 is 0 Å². The van der Waals surface area contributed by atoms with E-state index in [1.165, 1.54) is 0 Å². The molecule has 0 aromatic rings. The van der Waals surface area contributed by atoms with E-state index in [9.17, 15) is 4.79 Å². The number of hydrogen-bond donors (Lipinski definition) is 1. The molecule has 0 aliphatic carbocycles. The number of carbonyl (C=O) groups excluding carboxylic acids is 1. The van der Waals surface area contributed by atoms with E-state index in [0.717, 1.165) is 19.3 Å². The van der Waals surface area contributed by atoms with E-state index in [4.69, 9.17) is 11.0 Å². The monoisotopic (exact) mass is 239 g/mol. The smallest absolute Gasteiger partial charge is 0.222 e. The molecule has 0 saturated heterocycles. The van der Waals surface area contributed by atoms with Crippen molar-refractivity contribution in [2.45, 2.75) is 46.0 Å². The van der Waals surface area contributed by atoms with Crippen molar-refractivity contribution >= 4 is 5.91 Å². The molecule has 1 amide bonds. The minimum absolute atomic E-state index is 0.165. The van der Waals surface area contributed by atoms with Gasteiger partial charge in [0.05, 0.1) is 12.5 Å². The number of nitriles is 1. The first-order valence-electron chi connectivity index (χ1n) is 6.54. The van der Waals surface area contributed by atoms with Crippen LogP contribution in [-0.4, -0.2) is 30.4 Å². The summed E-state index contributed by atoms with van der Waals surface area (Å²) in [6.45, 7) is 6.02. The maximum Gasteiger partial charge on any atom is 0.222 e. The van der Waals surface area contributed by atoms with Gasteiger partial charge in [-0.15, -0.1) is 0 Å². The molecule has 0 aliphatic rings. The van der Waals surface area contributed by atoms with Crippen LogP contribution in [0.1, 0.15) is 46.0 Å². The summed E-state index contributed by atoms with van der Waals surface area (Å²) in [5.74, 6) is 0.719. The fourth-order valence-electron chi connectivity index (χ4n) is 1.92. The highest BCUT2D eigenvalue weighted by atomic mass is 16.2. The van der Waals surface area contributed by atoms with Crippen LogP contribution in [-0.2, 0) is 4.79 Å². The molecule has 0 radical (unpaired) electrons. The molecule has 0 aromatic heterocycles. The lowest BCUT2D eigenvalue weighted by Gasteiger charge is -2.21. The van der Waals surface area contributed by atoms with E-state index >= 15 is 0 Å². The van der Waals surface area contributed by atoms with Gasteiger partial charge in [-0.2, -0.15) is 5.26 Å². The minimum atomic E-state index is 0.165. The predicted octanol–water partition coefficient (Wildman–Crippen LogP) is 1.90. The number of nitrogens with two attached hydrogens (primary N) is 1. The van der Waals surface area contributed by atoms with Crippen molar-refractivity contribution in [3.63, 3.8) is 0 Å². The molecule has 17 heavy (non-hydrogen) atoms. The average Bonchev–Trinajstić information content (AvgIpc) is 2.35. The Hall–Kier alpha value is -1.08. The number of carbonyl (C=O) groups is 1. The molecular weight excluding hydrogens is 214 g/mol. The van der Waals surface area contributed by atoms with Crippen molar-refractivity contribution in [3.05, 3.63) is 0 Å². The van der Waals surface area contributed by atoms with E-state index in [0.29, 0.717) is 38.4 Å². The Morgan fingerprint density at radius 1 is 1.41 bits per heavy atom. The van der Waals surface area contributed by atoms with E-state index < -0.39 is 0 Å². The van der Waals surface area contributed by atoms with Crippen LogP contribution in [0.2, 0.25) is 0 Å². The van der Waals surface area contributed by atoms with Crippen molar-refractivity contribution in [3.8, 4) is 6.07 Å². The van der Waals surface area contributed by atoms with Crippen molar-refractivity contribution in [1.82, 2.24) is 4.90 Å². The van der Waals surface area contributed by atoms with Gasteiger partial charge < -0.3 is 10.6 Å². The molecule has 2 N–H and O–H groups in total. The summed E-state index contributed by atoms with van der Waals surface area (Å²) in [4.78, 5) is 13.7. The van der Waals surface area contributed by atoms with E-state index in [1.807, 2.05) is 6.92 Å². The zero-order valence-corrected chi connectivity index (χ0v) is 11.1. The minimum Gasteiger partial charge on any atom is -0.342 e. The van der Waals surface area contributed by atoms with Crippen molar-refractivity contribution in [2.75, 3.05) is 19.6 Å². The summed E-state index contributed by atoms with van der Waals surface area (Å²) >= 11 is 0. The first-order chi connectivity index (χ1) is 8.19. The van der Waals surface area contributed by atoms with E-state index in [2.05, 4.69) is 13.0 Å². The first kappa shape index (κ1) is 15.9.